The van der Waals surface area contributed by atoms with Crippen LogP contribution in [0.5, 0.6) is 0 Å². The van der Waals surface area contributed by atoms with Gasteiger partial charge in [-0.2, -0.15) is 0 Å². The van der Waals surface area contributed by atoms with Crippen LogP contribution in [0.25, 0.3) is 0 Å². The van der Waals surface area contributed by atoms with Crippen LogP contribution in [0.1, 0.15) is 46.1 Å². The summed E-state index contributed by atoms with van der Waals surface area (Å²) in [6.07, 6.45) is -1.27. The molecule has 10 nitrogen and oxygen atoms in total. The van der Waals surface area contributed by atoms with Gasteiger partial charge in [0.2, 0.25) is 11.8 Å². The molecule has 0 aromatic heterocycles. The molecule has 0 radical (unpaired) electrons. The van der Waals surface area contributed by atoms with E-state index < -0.39 is 47.2 Å². The molecule has 3 rings (SSSR count). The van der Waals surface area contributed by atoms with Crippen molar-refractivity contribution in [2.75, 3.05) is 24.7 Å². The van der Waals surface area contributed by atoms with Gasteiger partial charge in [0.15, 0.2) is 6.04 Å². The van der Waals surface area contributed by atoms with Gasteiger partial charge in [-0.3, -0.25) is 14.5 Å². The molecule has 0 aliphatic carbocycles. The van der Waals surface area contributed by atoms with Gasteiger partial charge in [0.1, 0.15) is 11.6 Å². The molecule has 0 bridgehead atoms. The van der Waals surface area contributed by atoms with Crippen LogP contribution < -0.4 is 5.32 Å². The number of ether oxygens (including phenoxy) is 1. The van der Waals surface area contributed by atoms with Crippen molar-refractivity contribution in [3.8, 4) is 0 Å². The third-order valence-corrected chi connectivity index (χ3v) is 7.53. The highest BCUT2D eigenvalue weighted by atomic mass is 32.2. The zero-order valence-corrected chi connectivity index (χ0v) is 21.9. The molecule has 1 aromatic rings. The summed E-state index contributed by atoms with van der Waals surface area (Å²) in [5.41, 5.74) is -1.02. The molecule has 36 heavy (non-hydrogen) atoms. The second-order valence-electron chi connectivity index (χ2n) is 10.3. The maximum Gasteiger partial charge on any atom is 0.411 e. The average molecular weight is 522 g/mol. The van der Waals surface area contributed by atoms with E-state index in [1.54, 1.807) is 37.8 Å². The summed E-state index contributed by atoms with van der Waals surface area (Å²) >= 11 is 1.48. The Morgan fingerprint density at radius 1 is 1.14 bits per heavy atom. The maximum absolute atomic E-state index is 13.5. The number of likely N-dealkylation sites (tertiary alicyclic amines) is 1. The van der Waals surface area contributed by atoms with E-state index >= 15 is 0 Å². The number of benzene rings is 1. The molecule has 1 aromatic carbocycles. The van der Waals surface area contributed by atoms with Gasteiger partial charge in [0, 0.05) is 18.8 Å². The van der Waals surface area contributed by atoms with Gasteiger partial charge in [-0.1, -0.05) is 30.3 Å². The van der Waals surface area contributed by atoms with Crippen LogP contribution in [0.2, 0.25) is 0 Å². The summed E-state index contributed by atoms with van der Waals surface area (Å²) in [6.45, 7) is 7.15. The molecule has 0 spiro atoms. The number of hydrogen-bond donors (Lipinski definition) is 3. The highest BCUT2D eigenvalue weighted by Gasteiger charge is 2.47. The van der Waals surface area contributed by atoms with Gasteiger partial charge < -0.3 is 25.2 Å². The minimum atomic E-state index is -1.45. The molecule has 3 atom stereocenters. The minimum absolute atomic E-state index is 0.194. The summed E-state index contributed by atoms with van der Waals surface area (Å²) in [7, 11) is 0. The number of rotatable bonds is 6. The van der Waals surface area contributed by atoms with E-state index in [1.807, 2.05) is 18.2 Å². The van der Waals surface area contributed by atoms with Gasteiger partial charge in [0.05, 0.1) is 17.4 Å². The molecule has 3 amide bonds. The number of aliphatic hydroxyl groups excluding tert-OH is 1. The van der Waals surface area contributed by atoms with Crippen LogP contribution in [0.4, 0.5) is 4.79 Å². The first-order valence-corrected chi connectivity index (χ1v) is 13.1. The lowest BCUT2D eigenvalue weighted by atomic mass is 9.71. The van der Waals surface area contributed by atoms with E-state index in [1.165, 1.54) is 23.6 Å². The van der Waals surface area contributed by atoms with Crippen LogP contribution in [0.15, 0.2) is 30.3 Å². The first-order chi connectivity index (χ1) is 16.9. The largest absolute Gasteiger partial charge is 0.480 e. The fraction of sp³-hybridized carbons (Fsp3) is 0.600. The second-order valence-corrected chi connectivity index (χ2v) is 11.3. The van der Waals surface area contributed by atoms with Crippen LogP contribution in [0.3, 0.4) is 0 Å². The highest BCUT2D eigenvalue weighted by molar-refractivity contribution is 7.99. The quantitative estimate of drug-likeness (QED) is 0.516. The number of aliphatic carboxylic acids is 1. The molecular formula is C25H35N3O7S. The number of carboxylic acids is 1. The third kappa shape index (κ3) is 6.12. The number of carbonyl (C=O) groups excluding carboxylic acids is 3. The van der Waals surface area contributed by atoms with Crippen LogP contribution in [0, 0.1) is 0 Å². The van der Waals surface area contributed by atoms with Gasteiger partial charge in [-0.15, -0.1) is 11.8 Å². The topological polar surface area (TPSA) is 136 Å². The van der Waals surface area contributed by atoms with E-state index in [4.69, 9.17) is 4.74 Å². The summed E-state index contributed by atoms with van der Waals surface area (Å²) in [5.74, 6) is -1.18. The fourth-order valence-corrected chi connectivity index (χ4v) is 5.67. The van der Waals surface area contributed by atoms with E-state index in [0.29, 0.717) is 11.6 Å². The summed E-state index contributed by atoms with van der Waals surface area (Å²) in [6, 6.07) is 6.97. The Balaban J connectivity index is 1.77. The van der Waals surface area contributed by atoms with Crippen LogP contribution >= 0.6 is 11.8 Å². The van der Waals surface area contributed by atoms with Gasteiger partial charge in [-0.25, -0.2) is 9.59 Å². The first-order valence-electron chi connectivity index (χ1n) is 12.0. The van der Waals surface area contributed by atoms with Gasteiger partial charge >= 0.3 is 12.1 Å². The number of carboxylic acid groups (broad SMARTS) is 1. The molecule has 3 N–H and O–H groups in total. The molecule has 198 valence electrons. The molecule has 2 heterocycles. The van der Waals surface area contributed by atoms with Crippen molar-refractivity contribution < 1.29 is 34.1 Å². The van der Waals surface area contributed by atoms with Crippen molar-refractivity contribution in [2.45, 2.75) is 69.7 Å². The Labute approximate surface area is 215 Å². The summed E-state index contributed by atoms with van der Waals surface area (Å²) in [4.78, 5) is 54.2. The second kappa shape index (κ2) is 11.1. The van der Waals surface area contributed by atoms with Crippen molar-refractivity contribution in [2.24, 2.45) is 0 Å². The first kappa shape index (κ1) is 27.8. The van der Waals surface area contributed by atoms with Crippen molar-refractivity contribution in [1.29, 1.82) is 0 Å². The molecule has 11 heteroatoms. The molecule has 0 saturated carbocycles. The third-order valence-electron chi connectivity index (χ3n) is 6.52. The van der Waals surface area contributed by atoms with Crippen molar-refractivity contribution in [1.82, 2.24) is 15.1 Å². The van der Waals surface area contributed by atoms with Gasteiger partial charge in [0.25, 0.3) is 0 Å². The van der Waals surface area contributed by atoms with Crippen LogP contribution in [-0.2, 0) is 24.5 Å². The van der Waals surface area contributed by atoms with E-state index in [0.717, 1.165) is 5.56 Å². The Morgan fingerprint density at radius 2 is 1.75 bits per heavy atom. The number of carbonyl (C=O) groups is 4. The monoisotopic (exact) mass is 521 g/mol. The van der Waals surface area contributed by atoms with E-state index in [2.05, 4.69) is 5.32 Å². The number of nitrogens with zero attached hydrogens (tertiary/aromatic N) is 2. The van der Waals surface area contributed by atoms with E-state index in [-0.39, 0.29) is 31.8 Å². The smallest absolute Gasteiger partial charge is 0.411 e. The lowest BCUT2D eigenvalue weighted by molar-refractivity contribution is -0.146. The Bertz CT molecular complexity index is 972. The Morgan fingerprint density at radius 3 is 2.28 bits per heavy atom. The highest BCUT2D eigenvalue weighted by Crippen LogP contribution is 2.37. The number of amides is 3. The number of nitrogens with one attached hydrogen (secondary N) is 1. The lowest BCUT2D eigenvalue weighted by Gasteiger charge is -2.42. The SMILES string of the molecule is C[C@H](O)[C@H](NC(=O)C1(c2ccccc2)CCN(C(=O)[C@H]2CSCN2C(=O)OC(C)(C)C)CC1)C(=O)O. The zero-order valence-electron chi connectivity index (χ0n) is 21.1. The predicted octanol–water partition coefficient (Wildman–Crippen LogP) is 1.81. The molecule has 2 aliphatic heterocycles. The Hall–Kier alpha value is -2.79. The van der Waals surface area contributed by atoms with Crippen molar-refractivity contribution in [3.05, 3.63) is 35.9 Å². The standard InChI is InChI=1S/C25H35N3O7S/c1-16(29)19(21(31)32)26-22(33)25(17-8-6-5-7-9-17)10-12-27(13-11-25)20(30)18-14-36-15-28(18)23(34)35-24(2,3)4/h5-9,16,18-19,29H,10-15H2,1-4H3,(H,26,33)(H,31,32)/t16-,18+,19-/m0/s1. The molecule has 2 aliphatic rings. The number of thioether (sulfide) groups is 1. The molecule has 0 unspecified atom stereocenters. The average Bonchev–Trinajstić information content (AvgIpc) is 3.31. The van der Waals surface area contributed by atoms with Crippen LogP contribution in [-0.4, -0.2) is 92.4 Å². The predicted molar refractivity (Wildman–Crippen MR) is 134 cm³/mol. The zero-order chi connectivity index (χ0) is 26.7. The lowest BCUT2D eigenvalue weighted by Crippen LogP contribution is -2.59. The molecular weight excluding hydrogens is 486 g/mol. The maximum atomic E-state index is 13.5. The molecule has 2 fully saturated rings. The number of hydrogen-bond acceptors (Lipinski definition) is 7. The summed E-state index contributed by atoms with van der Waals surface area (Å²) in [5, 5.41) is 21.8. The Kier molecular flexibility index (Phi) is 8.55. The summed E-state index contributed by atoms with van der Waals surface area (Å²) < 4.78 is 5.47. The number of aliphatic hydroxyl groups is 1. The van der Waals surface area contributed by atoms with E-state index in [9.17, 15) is 29.4 Å². The molecule has 2 saturated heterocycles. The fourth-order valence-electron chi connectivity index (χ4n) is 4.54. The minimum Gasteiger partial charge on any atom is -0.480 e. The normalized spacial score (nSPS) is 21.4. The van der Waals surface area contributed by atoms with Gasteiger partial charge in [-0.05, 0) is 46.1 Å². The van der Waals surface area contributed by atoms with Crippen molar-refractivity contribution in [3.63, 3.8) is 0 Å². The number of piperidine rings is 1. The van der Waals surface area contributed by atoms with Crippen molar-refractivity contribution >= 4 is 35.6 Å².